The highest BCUT2D eigenvalue weighted by molar-refractivity contribution is 5.88. The molecule has 0 aromatic carbocycles. The molecule has 3 N–H and O–H groups in total. The lowest BCUT2D eigenvalue weighted by atomic mass is 9.79. The molecule has 1 aliphatic heterocycles. The summed E-state index contributed by atoms with van der Waals surface area (Å²) >= 11 is 0. The Morgan fingerprint density at radius 1 is 1.37 bits per heavy atom. The molecule has 0 spiro atoms. The van der Waals surface area contributed by atoms with E-state index < -0.39 is 17.4 Å². The Kier molecular flexibility index (Phi) is 4.04. The monoisotopic (exact) mass is 270 g/mol. The van der Waals surface area contributed by atoms with E-state index in [9.17, 15) is 14.4 Å². The summed E-state index contributed by atoms with van der Waals surface area (Å²) in [6.45, 7) is 0.108. The maximum atomic E-state index is 11.9. The van der Waals surface area contributed by atoms with Gasteiger partial charge in [0.2, 0.25) is 5.91 Å². The van der Waals surface area contributed by atoms with Crippen molar-refractivity contribution in [2.24, 2.45) is 5.41 Å². The van der Waals surface area contributed by atoms with E-state index in [-0.39, 0.29) is 31.3 Å². The topological polar surface area (TPSA) is 105 Å². The maximum absolute atomic E-state index is 11.9. The summed E-state index contributed by atoms with van der Waals surface area (Å²) in [6, 6.07) is -0.671. The second-order valence-electron chi connectivity index (χ2n) is 5.35. The van der Waals surface area contributed by atoms with Crippen molar-refractivity contribution in [3.63, 3.8) is 0 Å². The lowest BCUT2D eigenvalue weighted by Crippen LogP contribution is -2.43. The molecule has 0 radical (unpaired) electrons. The fraction of sp³-hybridized carbons (Fsp3) is 0.750. The molecule has 0 bridgehead atoms. The Bertz CT molecular complexity index is 390. The molecule has 1 saturated carbocycles. The van der Waals surface area contributed by atoms with Gasteiger partial charge in [0.05, 0.1) is 6.42 Å². The summed E-state index contributed by atoms with van der Waals surface area (Å²) < 4.78 is 0. The first-order valence-electron chi connectivity index (χ1n) is 6.44. The highest BCUT2D eigenvalue weighted by atomic mass is 16.7. The van der Waals surface area contributed by atoms with E-state index in [0.29, 0.717) is 0 Å². The van der Waals surface area contributed by atoms with Crippen LogP contribution in [0.2, 0.25) is 0 Å². The van der Waals surface area contributed by atoms with E-state index in [1.54, 1.807) is 0 Å². The number of aliphatic carboxylic acids is 1. The third kappa shape index (κ3) is 3.44. The Balaban J connectivity index is 1.91. The number of carbonyl (C=O) groups excluding carboxylic acids is 2. The van der Waals surface area contributed by atoms with Gasteiger partial charge in [-0.25, -0.2) is 5.48 Å². The average Bonchev–Trinajstić information content (AvgIpc) is 2.89. The minimum Gasteiger partial charge on any atom is -0.481 e. The summed E-state index contributed by atoms with van der Waals surface area (Å²) in [5, 5.41) is 11.5. The molecule has 7 nitrogen and oxygen atoms in total. The molecule has 2 aliphatic rings. The second kappa shape index (κ2) is 5.56. The smallest absolute Gasteiger partial charge is 0.303 e. The van der Waals surface area contributed by atoms with Gasteiger partial charge >= 0.3 is 5.97 Å². The number of amides is 2. The van der Waals surface area contributed by atoms with Crippen LogP contribution in [0.5, 0.6) is 0 Å². The van der Waals surface area contributed by atoms with Crippen LogP contribution in [0.25, 0.3) is 0 Å². The molecule has 106 valence electrons. The highest BCUT2D eigenvalue weighted by Gasteiger charge is 2.39. The first-order chi connectivity index (χ1) is 9.01. The van der Waals surface area contributed by atoms with Gasteiger partial charge in [0.1, 0.15) is 12.6 Å². The molecular formula is C12H18N2O5. The standard InChI is InChI=1S/C12H18N2O5/c15-9(13-8-7-19-14-11(8)18)5-12(6-10(16)17)3-1-2-4-12/h8H,1-7H2,(H,13,15)(H,14,18)(H,16,17)/t8-/m1/s1. The Morgan fingerprint density at radius 3 is 2.58 bits per heavy atom. The van der Waals surface area contributed by atoms with Gasteiger partial charge in [-0.2, -0.15) is 0 Å². The van der Waals surface area contributed by atoms with Crippen molar-refractivity contribution in [1.29, 1.82) is 0 Å². The Labute approximate surface area is 110 Å². The normalized spacial score (nSPS) is 25.1. The maximum Gasteiger partial charge on any atom is 0.303 e. The highest BCUT2D eigenvalue weighted by Crippen LogP contribution is 2.44. The number of carboxylic acids is 1. The predicted molar refractivity (Wildman–Crippen MR) is 63.8 cm³/mol. The summed E-state index contributed by atoms with van der Waals surface area (Å²) in [6.07, 6.45) is 3.57. The number of hydroxylamine groups is 1. The van der Waals surface area contributed by atoms with Gasteiger partial charge in [0, 0.05) is 6.42 Å². The molecule has 0 aromatic rings. The first kappa shape index (κ1) is 13.8. The Morgan fingerprint density at radius 2 is 2.05 bits per heavy atom. The first-order valence-corrected chi connectivity index (χ1v) is 6.44. The van der Waals surface area contributed by atoms with Gasteiger partial charge in [0.25, 0.3) is 5.91 Å². The summed E-state index contributed by atoms with van der Waals surface area (Å²) in [5.74, 6) is -1.53. The average molecular weight is 270 g/mol. The predicted octanol–water partition coefficient (Wildman–Crippen LogP) is -0.0422. The third-order valence-electron chi connectivity index (χ3n) is 3.80. The van der Waals surface area contributed by atoms with Crippen molar-refractivity contribution in [2.45, 2.75) is 44.6 Å². The molecule has 2 amide bonds. The van der Waals surface area contributed by atoms with Gasteiger partial charge in [-0.1, -0.05) is 12.8 Å². The fourth-order valence-electron chi connectivity index (χ4n) is 2.90. The molecule has 7 heteroatoms. The number of carboxylic acid groups (broad SMARTS) is 1. The van der Waals surface area contributed by atoms with E-state index in [2.05, 4.69) is 10.8 Å². The van der Waals surface area contributed by atoms with Crippen LogP contribution in [0.15, 0.2) is 0 Å². The zero-order valence-electron chi connectivity index (χ0n) is 10.6. The van der Waals surface area contributed by atoms with E-state index >= 15 is 0 Å². The van der Waals surface area contributed by atoms with Crippen molar-refractivity contribution < 1.29 is 24.3 Å². The van der Waals surface area contributed by atoms with E-state index in [1.165, 1.54) is 0 Å². The molecule has 0 unspecified atom stereocenters. The molecule has 1 atom stereocenters. The van der Waals surface area contributed by atoms with Crippen LogP contribution < -0.4 is 10.8 Å². The summed E-state index contributed by atoms with van der Waals surface area (Å²) in [4.78, 5) is 38.9. The number of carbonyl (C=O) groups is 3. The molecule has 0 aromatic heterocycles. The number of rotatable bonds is 5. The van der Waals surface area contributed by atoms with E-state index in [1.807, 2.05) is 0 Å². The molecule has 1 saturated heterocycles. The number of hydrogen-bond acceptors (Lipinski definition) is 4. The van der Waals surface area contributed by atoms with Crippen LogP contribution in [-0.2, 0) is 19.2 Å². The van der Waals surface area contributed by atoms with Crippen molar-refractivity contribution in [3.05, 3.63) is 0 Å². The molecular weight excluding hydrogens is 252 g/mol. The molecule has 2 fully saturated rings. The van der Waals surface area contributed by atoms with Gasteiger partial charge in [-0.15, -0.1) is 0 Å². The van der Waals surface area contributed by atoms with Crippen LogP contribution in [0.1, 0.15) is 38.5 Å². The SMILES string of the molecule is O=C(O)CC1(CC(=O)N[C@@H]2CONC2=O)CCCC1. The minimum atomic E-state index is -0.878. The zero-order chi connectivity index (χ0) is 13.9. The van der Waals surface area contributed by atoms with E-state index in [4.69, 9.17) is 9.94 Å². The summed E-state index contributed by atoms with van der Waals surface area (Å²) in [5.41, 5.74) is 1.71. The zero-order valence-corrected chi connectivity index (χ0v) is 10.6. The largest absolute Gasteiger partial charge is 0.481 e. The van der Waals surface area contributed by atoms with Gasteiger partial charge in [0.15, 0.2) is 0 Å². The lowest BCUT2D eigenvalue weighted by molar-refractivity contribution is -0.140. The van der Waals surface area contributed by atoms with Crippen LogP contribution >= 0.6 is 0 Å². The molecule has 19 heavy (non-hydrogen) atoms. The number of hydrogen-bond donors (Lipinski definition) is 3. The van der Waals surface area contributed by atoms with Gasteiger partial charge in [-0.3, -0.25) is 19.2 Å². The third-order valence-corrected chi connectivity index (χ3v) is 3.80. The van der Waals surface area contributed by atoms with Crippen LogP contribution in [0.3, 0.4) is 0 Å². The van der Waals surface area contributed by atoms with Gasteiger partial charge < -0.3 is 10.4 Å². The quantitative estimate of drug-likeness (QED) is 0.650. The second-order valence-corrected chi connectivity index (χ2v) is 5.35. The van der Waals surface area contributed by atoms with Crippen molar-refractivity contribution in [2.75, 3.05) is 6.61 Å². The van der Waals surface area contributed by atoms with Crippen molar-refractivity contribution in [3.8, 4) is 0 Å². The van der Waals surface area contributed by atoms with E-state index in [0.717, 1.165) is 25.7 Å². The van der Waals surface area contributed by atoms with Crippen LogP contribution in [0, 0.1) is 5.41 Å². The lowest BCUT2D eigenvalue weighted by Gasteiger charge is -2.26. The molecule has 1 heterocycles. The van der Waals surface area contributed by atoms with Crippen LogP contribution in [-0.4, -0.2) is 35.5 Å². The van der Waals surface area contributed by atoms with Crippen molar-refractivity contribution >= 4 is 17.8 Å². The minimum absolute atomic E-state index is 0.00772. The number of nitrogens with one attached hydrogen (secondary N) is 2. The fourth-order valence-corrected chi connectivity index (χ4v) is 2.90. The van der Waals surface area contributed by atoms with Crippen molar-refractivity contribution in [1.82, 2.24) is 10.8 Å². The molecule has 2 rings (SSSR count). The molecule has 1 aliphatic carbocycles. The van der Waals surface area contributed by atoms with Crippen LogP contribution in [0.4, 0.5) is 0 Å². The van der Waals surface area contributed by atoms with Gasteiger partial charge in [-0.05, 0) is 18.3 Å². The summed E-state index contributed by atoms with van der Waals surface area (Å²) in [7, 11) is 0. The Hall–Kier alpha value is -1.63.